The SMILES string of the molecule is CNC(=O)C(C)(C(=O)CO)N(C)C(=O)c1ccc(C#Cc2ccc(CN3CCCOCC3)cc2)cc1.CNC(=O)C(C)(C(=O)COC1CCCCO1)N(C)C(=O)c1ccc(C#Cc2ccc(CN3CCCOCC3)cc2)cc1.CO.CO. The van der Waals surface area contributed by atoms with E-state index in [9.17, 15) is 33.9 Å². The maximum absolute atomic E-state index is 13.4. The van der Waals surface area contributed by atoms with E-state index in [0.29, 0.717) is 24.2 Å². The van der Waals surface area contributed by atoms with Crippen LogP contribution in [0.4, 0.5) is 0 Å². The van der Waals surface area contributed by atoms with E-state index in [-0.39, 0.29) is 6.61 Å². The third-order valence-electron chi connectivity index (χ3n) is 14.4. The van der Waals surface area contributed by atoms with Gasteiger partial charge in [0.25, 0.3) is 23.6 Å². The molecule has 3 atom stereocenters. The number of aliphatic hydroxyl groups excluding tert-OH is 3. The first-order valence-corrected chi connectivity index (χ1v) is 27.4. The Kier molecular flexibility index (Phi) is 28.7. The number of ketones is 2. The van der Waals surface area contributed by atoms with Gasteiger partial charge in [-0.2, -0.15) is 0 Å². The van der Waals surface area contributed by atoms with Crippen LogP contribution in [0, 0.1) is 23.7 Å². The molecule has 0 aromatic heterocycles. The predicted octanol–water partition coefficient (Wildman–Crippen LogP) is 3.66. The molecule has 0 radical (unpaired) electrons. The summed E-state index contributed by atoms with van der Waals surface area (Å²) in [6.45, 7) is 11.1. The van der Waals surface area contributed by atoms with Gasteiger partial charge < -0.3 is 54.7 Å². The minimum absolute atomic E-state index is 0.298. The molecular weight excluding hydrogens is 1050 g/mol. The Balaban J connectivity index is 0.000000336. The zero-order chi connectivity index (χ0) is 60.1. The number of hydrogen-bond donors (Lipinski definition) is 5. The van der Waals surface area contributed by atoms with Gasteiger partial charge in [0.15, 0.2) is 28.9 Å². The van der Waals surface area contributed by atoms with Gasteiger partial charge >= 0.3 is 0 Å². The van der Waals surface area contributed by atoms with Crippen molar-refractivity contribution in [3.63, 3.8) is 0 Å². The van der Waals surface area contributed by atoms with E-state index in [1.54, 1.807) is 48.5 Å². The monoisotopic (exact) mass is 1130 g/mol. The molecule has 3 saturated heterocycles. The molecule has 4 aromatic rings. The van der Waals surface area contributed by atoms with Crippen molar-refractivity contribution in [1.82, 2.24) is 30.2 Å². The first kappa shape index (κ1) is 67.4. The number of benzene rings is 4. The number of hydrogen-bond acceptors (Lipinski definition) is 15. The molecule has 82 heavy (non-hydrogen) atoms. The number of ether oxygens (including phenoxy) is 4. The molecule has 0 spiro atoms. The fourth-order valence-corrected chi connectivity index (χ4v) is 9.01. The third kappa shape index (κ3) is 19.2. The third-order valence-corrected chi connectivity index (χ3v) is 14.4. The van der Waals surface area contributed by atoms with Crippen LogP contribution < -0.4 is 10.6 Å². The van der Waals surface area contributed by atoms with Gasteiger partial charge in [-0.1, -0.05) is 47.9 Å². The van der Waals surface area contributed by atoms with Gasteiger partial charge in [-0.15, -0.1) is 0 Å². The largest absolute Gasteiger partial charge is 0.400 e. The lowest BCUT2D eigenvalue weighted by Crippen LogP contribution is -2.62. The van der Waals surface area contributed by atoms with Crippen LogP contribution in [0.3, 0.4) is 0 Å². The van der Waals surface area contributed by atoms with Gasteiger partial charge in [-0.25, -0.2) is 0 Å². The molecule has 3 aliphatic heterocycles. The summed E-state index contributed by atoms with van der Waals surface area (Å²) in [4.78, 5) is 84.1. The highest BCUT2D eigenvalue weighted by atomic mass is 16.7. The van der Waals surface area contributed by atoms with Crippen molar-refractivity contribution in [1.29, 1.82) is 0 Å². The van der Waals surface area contributed by atoms with Crippen LogP contribution in [-0.4, -0.2) is 202 Å². The minimum atomic E-state index is -1.83. The quantitative estimate of drug-likeness (QED) is 0.0796. The lowest BCUT2D eigenvalue weighted by Gasteiger charge is -2.36. The van der Waals surface area contributed by atoms with Gasteiger partial charge in [0.2, 0.25) is 0 Å². The Morgan fingerprint density at radius 2 is 0.927 bits per heavy atom. The maximum atomic E-state index is 13.4. The fraction of sp³-hybridized carbons (Fsp3) is 0.460. The normalized spacial score (nSPS) is 16.7. The zero-order valence-corrected chi connectivity index (χ0v) is 48.8. The second kappa shape index (κ2) is 35.0. The van der Waals surface area contributed by atoms with Crippen molar-refractivity contribution in [2.24, 2.45) is 0 Å². The van der Waals surface area contributed by atoms with Gasteiger partial charge in [0, 0.05) is 135 Å². The highest BCUT2D eigenvalue weighted by Crippen LogP contribution is 2.23. The van der Waals surface area contributed by atoms with Crippen LogP contribution in [0.25, 0.3) is 0 Å². The molecule has 7 rings (SSSR count). The first-order valence-electron chi connectivity index (χ1n) is 27.4. The molecule has 5 N–H and O–H groups in total. The van der Waals surface area contributed by atoms with Crippen LogP contribution in [0.5, 0.6) is 0 Å². The van der Waals surface area contributed by atoms with Crippen molar-refractivity contribution in [2.45, 2.75) is 76.4 Å². The molecule has 19 nitrogen and oxygen atoms in total. The number of aliphatic hydroxyl groups is 3. The standard InChI is InChI=1S/C33H41N3O6.C28H33N3O5.2CH4O/c1-33(32(39)34-2,29(37)24-42-30-7-4-5-21-41-30)35(3)31(38)28-16-14-26(15-17-28)9-8-25-10-12-27(13-11-25)23-36-18-6-20-40-22-19-36;1-28(25(33)20-32,27(35)29-2)30(3)26(34)24-13-11-22(12-14-24)6-5-21-7-9-23(10-8-21)19-31-15-4-17-36-18-16-31;2*1-2/h10-17,30H,4-7,18-24H2,1-3H3,(H,34,39);7-14,32H,4,15-20H2,1-3H3,(H,29,35);2*2H,1H3. The molecule has 4 amide bonds. The number of rotatable bonds is 16. The van der Waals surface area contributed by atoms with E-state index in [0.717, 1.165) is 133 Å². The number of Topliss-reactive ketones (excluding diaryl/α,β-unsaturated/α-hetero) is 2. The lowest BCUT2D eigenvalue weighted by molar-refractivity contribution is -0.174. The molecule has 0 aliphatic carbocycles. The van der Waals surface area contributed by atoms with Crippen LogP contribution in [0.2, 0.25) is 0 Å². The lowest BCUT2D eigenvalue weighted by atomic mass is 9.92. The van der Waals surface area contributed by atoms with Crippen molar-refractivity contribution in [3.05, 3.63) is 142 Å². The predicted molar refractivity (Wildman–Crippen MR) is 311 cm³/mol. The van der Waals surface area contributed by atoms with E-state index >= 15 is 0 Å². The average molecular weight is 1130 g/mol. The van der Waals surface area contributed by atoms with Gasteiger partial charge in [-0.3, -0.25) is 38.6 Å². The summed E-state index contributed by atoms with van der Waals surface area (Å²) in [7, 11) is 7.62. The van der Waals surface area contributed by atoms with Crippen LogP contribution in [0.15, 0.2) is 97.1 Å². The first-order chi connectivity index (χ1) is 39.6. The maximum Gasteiger partial charge on any atom is 0.254 e. The van der Waals surface area contributed by atoms with Crippen molar-refractivity contribution < 1.29 is 63.0 Å². The van der Waals surface area contributed by atoms with Gasteiger partial charge in [0.1, 0.15) is 13.2 Å². The molecule has 19 heteroatoms. The van der Waals surface area contributed by atoms with Crippen molar-refractivity contribution >= 4 is 35.2 Å². The summed E-state index contributed by atoms with van der Waals surface area (Å²) in [5, 5.41) is 28.2. The summed E-state index contributed by atoms with van der Waals surface area (Å²) in [5.41, 5.74) is 2.79. The Morgan fingerprint density at radius 1 is 0.549 bits per heavy atom. The second-order valence-electron chi connectivity index (χ2n) is 19.7. The summed E-state index contributed by atoms with van der Waals surface area (Å²) in [5.74, 6) is 9.00. The highest BCUT2D eigenvalue weighted by molar-refractivity contribution is 6.15. The average Bonchev–Trinajstić information content (AvgIpc) is 3.90. The minimum Gasteiger partial charge on any atom is -0.400 e. The fourth-order valence-electron chi connectivity index (χ4n) is 9.01. The Hall–Kier alpha value is -7.14. The topological polar surface area (TPSA) is 237 Å². The summed E-state index contributed by atoms with van der Waals surface area (Å²) in [6.07, 6.45) is 4.22. The summed E-state index contributed by atoms with van der Waals surface area (Å²) >= 11 is 0. The van der Waals surface area contributed by atoms with E-state index in [2.05, 4.69) is 68.4 Å². The summed E-state index contributed by atoms with van der Waals surface area (Å²) in [6, 6.07) is 29.9. The molecule has 0 bridgehead atoms. The molecule has 3 heterocycles. The van der Waals surface area contributed by atoms with Crippen molar-refractivity contribution in [3.8, 4) is 23.7 Å². The molecule has 4 aromatic carbocycles. The number of nitrogens with zero attached hydrogens (tertiary/aromatic N) is 4. The molecule has 3 unspecified atom stereocenters. The number of carbonyl (C=O) groups excluding carboxylic acids is 6. The van der Waals surface area contributed by atoms with E-state index < -0.39 is 59.2 Å². The van der Waals surface area contributed by atoms with Crippen LogP contribution in [-0.2, 0) is 51.2 Å². The number of likely N-dealkylation sites (N-methyl/N-ethyl adjacent to an activating group) is 4. The second-order valence-corrected chi connectivity index (χ2v) is 19.7. The molecule has 3 aliphatic rings. The number of carbonyl (C=O) groups is 6. The molecule has 442 valence electrons. The zero-order valence-electron chi connectivity index (χ0n) is 48.8. The summed E-state index contributed by atoms with van der Waals surface area (Å²) < 4.78 is 22.2. The Morgan fingerprint density at radius 3 is 1.28 bits per heavy atom. The molecular formula is C63H82N6O13. The Bertz CT molecular complexity index is 2770. The number of nitrogens with one attached hydrogen (secondary N) is 2. The van der Waals surface area contributed by atoms with E-state index in [1.165, 1.54) is 58.1 Å². The smallest absolute Gasteiger partial charge is 0.254 e. The molecule has 3 fully saturated rings. The highest BCUT2D eigenvalue weighted by Gasteiger charge is 2.47. The molecule has 0 saturated carbocycles. The van der Waals surface area contributed by atoms with E-state index in [4.69, 9.17) is 29.2 Å². The van der Waals surface area contributed by atoms with Crippen molar-refractivity contribution in [2.75, 3.05) is 115 Å². The van der Waals surface area contributed by atoms with Crippen LogP contribution >= 0.6 is 0 Å². The van der Waals surface area contributed by atoms with Crippen LogP contribution in [0.1, 0.15) is 100 Å². The van der Waals surface area contributed by atoms with Gasteiger partial charge in [0.05, 0.1) is 13.2 Å². The van der Waals surface area contributed by atoms with Gasteiger partial charge in [-0.05, 0) is 130 Å². The number of amides is 4. The Labute approximate surface area is 483 Å². The van der Waals surface area contributed by atoms with E-state index in [1.807, 2.05) is 24.3 Å².